The van der Waals surface area contributed by atoms with Crippen LogP contribution in [0.15, 0.2) is 24.3 Å². The molecule has 0 aliphatic heterocycles. The molecule has 11 heteroatoms. The zero-order valence-electron chi connectivity index (χ0n) is 29.5. The molecule has 0 aliphatic rings. The maximum absolute atomic E-state index is 12.4. The number of aliphatic hydroxyl groups is 2. The van der Waals surface area contributed by atoms with Crippen molar-refractivity contribution in [1.82, 2.24) is 0 Å². The van der Waals surface area contributed by atoms with Crippen molar-refractivity contribution in [3.8, 4) is 0 Å². The van der Waals surface area contributed by atoms with E-state index < -0.39 is 51.8 Å². The summed E-state index contributed by atoms with van der Waals surface area (Å²) in [6.07, 6.45) is 30.5. The third-order valence-electron chi connectivity index (χ3n) is 7.58. The maximum Gasteiger partial charge on any atom is 0.472 e. The molecule has 276 valence electrons. The number of hydrogen-bond acceptors (Lipinski definition) is 9. The monoisotopic (exact) mass is 690 g/mol. The van der Waals surface area contributed by atoms with E-state index in [-0.39, 0.29) is 19.4 Å². The van der Waals surface area contributed by atoms with Gasteiger partial charge in [-0.1, -0.05) is 122 Å². The molecule has 0 radical (unpaired) electrons. The molecule has 3 atom stereocenters. The lowest BCUT2D eigenvalue weighted by Crippen LogP contribution is -2.29. The lowest BCUT2D eigenvalue weighted by atomic mass is 10.0. The van der Waals surface area contributed by atoms with Crippen LogP contribution >= 0.6 is 7.82 Å². The molecule has 0 fully saturated rings. The van der Waals surface area contributed by atoms with Gasteiger partial charge in [-0.3, -0.25) is 18.6 Å². The van der Waals surface area contributed by atoms with Gasteiger partial charge >= 0.3 is 19.8 Å². The molecule has 10 nitrogen and oxygen atoms in total. The number of unbranched alkanes of at least 4 members (excludes halogenated alkanes) is 16. The van der Waals surface area contributed by atoms with Crippen LogP contribution in [0.1, 0.15) is 155 Å². The second-order valence-electron chi connectivity index (χ2n) is 12.3. The number of rotatable bonds is 34. The second-order valence-corrected chi connectivity index (χ2v) is 13.7. The zero-order chi connectivity index (χ0) is 34.9. The van der Waals surface area contributed by atoms with Gasteiger partial charge in [0.25, 0.3) is 0 Å². The Morgan fingerprint density at radius 1 is 0.638 bits per heavy atom. The van der Waals surface area contributed by atoms with Crippen LogP contribution in [0.2, 0.25) is 0 Å². The molecule has 3 unspecified atom stereocenters. The van der Waals surface area contributed by atoms with Crippen LogP contribution in [0.3, 0.4) is 0 Å². The minimum Gasteiger partial charge on any atom is -0.462 e. The zero-order valence-corrected chi connectivity index (χ0v) is 30.4. The van der Waals surface area contributed by atoms with Crippen LogP contribution in [0, 0.1) is 0 Å². The molecule has 0 aromatic carbocycles. The summed E-state index contributed by atoms with van der Waals surface area (Å²) in [5.74, 6) is -0.987. The van der Waals surface area contributed by atoms with Gasteiger partial charge in [-0.2, -0.15) is 0 Å². The smallest absolute Gasteiger partial charge is 0.462 e. The van der Waals surface area contributed by atoms with E-state index in [1.165, 1.54) is 89.9 Å². The number of esters is 2. The summed E-state index contributed by atoms with van der Waals surface area (Å²) in [7, 11) is -4.58. The fourth-order valence-electron chi connectivity index (χ4n) is 4.77. The number of phosphoric acid groups is 1. The average Bonchev–Trinajstić information content (AvgIpc) is 3.05. The van der Waals surface area contributed by atoms with Crippen LogP contribution in [-0.2, 0) is 32.7 Å². The van der Waals surface area contributed by atoms with E-state index in [4.69, 9.17) is 19.1 Å². The van der Waals surface area contributed by atoms with Gasteiger partial charge in [0, 0.05) is 12.8 Å². The molecule has 0 rings (SSSR count). The summed E-state index contributed by atoms with van der Waals surface area (Å²) in [6, 6.07) is 0. The first-order chi connectivity index (χ1) is 22.7. The molecule has 0 heterocycles. The predicted octanol–water partition coefficient (Wildman–Crippen LogP) is 8.66. The third kappa shape index (κ3) is 32.8. The Morgan fingerprint density at radius 2 is 1.15 bits per heavy atom. The molecule has 0 bridgehead atoms. The van der Waals surface area contributed by atoms with Gasteiger partial charge in [-0.25, -0.2) is 4.57 Å². The molecule has 3 N–H and O–H groups in total. The van der Waals surface area contributed by atoms with Crippen molar-refractivity contribution < 1.29 is 47.8 Å². The van der Waals surface area contributed by atoms with Crippen molar-refractivity contribution in [3.63, 3.8) is 0 Å². The van der Waals surface area contributed by atoms with Crippen LogP contribution in [0.25, 0.3) is 0 Å². The Labute approximate surface area is 285 Å². The lowest BCUT2D eigenvalue weighted by molar-refractivity contribution is -0.161. The van der Waals surface area contributed by atoms with Gasteiger partial charge in [0.15, 0.2) is 6.10 Å². The molecule has 0 saturated carbocycles. The first-order valence-electron chi connectivity index (χ1n) is 18.3. The van der Waals surface area contributed by atoms with Crippen LogP contribution < -0.4 is 0 Å². The van der Waals surface area contributed by atoms with E-state index in [0.717, 1.165) is 25.7 Å². The molecular weight excluding hydrogens is 623 g/mol. The first-order valence-corrected chi connectivity index (χ1v) is 19.8. The van der Waals surface area contributed by atoms with E-state index in [2.05, 4.69) is 35.8 Å². The van der Waals surface area contributed by atoms with Crippen molar-refractivity contribution in [2.45, 2.75) is 167 Å². The largest absolute Gasteiger partial charge is 0.472 e. The Hall–Kier alpha value is -1.55. The van der Waals surface area contributed by atoms with Gasteiger partial charge in [-0.05, 0) is 44.9 Å². The van der Waals surface area contributed by atoms with E-state index in [9.17, 15) is 24.2 Å². The number of allylic oxidation sites excluding steroid dienone is 4. The van der Waals surface area contributed by atoms with Crippen molar-refractivity contribution >= 4 is 19.8 Å². The highest BCUT2D eigenvalue weighted by Crippen LogP contribution is 2.43. The van der Waals surface area contributed by atoms with Gasteiger partial charge in [0.05, 0.1) is 19.8 Å². The summed E-state index contributed by atoms with van der Waals surface area (Å²) in [5.41, 5.74) is 0. The molecule has 0 aromatic heterocycles. The highest BCUT2D eigenvalue weighted by Gasteiger charge is 2.27. The lowest BCUT2D eigenvalue weighted by Gasteiger charge is -2.20. The molecule has 0 saturated heterocycles. The van der Waals surface area contributed by atoms with Gasteiger partial charge in [0.2, 0.25) is 0 Å². The van der Waals surface area contributed by atoms with Crippen molar-refractivity contribution in [2.24, 2.45) is 0 Å². The number of carbonyl (C=O) groups is 2. The third-order valence-corrected chi connectivity index (χ3v) is 8.53. The average molecular weight is 691 g/mol. The van der Waals surface area contributed by atoms with E-state index in [0.29, 0.717) is 12.8 Å². The summed E-state index contributed by atoms with van der Waals surface area (Å²) >= 11 is 0. The number of ether oxygens (including phenoxy) is 2. The van der Waals surface area contributed by atoms with Crippen molar-refractivity contribution in [3.05, 3.63) is 24.3 Å². The van der Waals surface area contributed by atoms with Gasteiger partial charge in [0.1, 0.15) is 12.7 Å². The number of carbonyl (C=O) groups excluding carboxylic acids is 2. The van der Waals surface area contributed by atoms with Crippen LogP contribution in [-0.4, -0.2) is 65.7 Å². The highest BCUT2D eigenvalue weighted by molar-refractivity contribution is 7.47. The number of phosphoric ester groups is 1. The molecule has 47 heavy (non-hydrogen) atoms. The predicted molar refractivity (Wildman–Crippen MR) is 187 cm³/mol. The van der Waals surface area contributed by atoms with Crippen LogP contribution in [0.5, 0.6) is 0 Å². The quantitative estimate of drug-likeness (QED) is 0.0259. The Balaban J connectivity index is 3.90. The van der Waals surface area contributed by atoms with Gasteiger partial charge in [-0.15, -0.1) is 0 Å². The molecule has 0 aliphatic carbocycles. The fourth-order valence-corrected chi connectivity index (χ4v) is 5.56. The number of hydrogen-bond donors (Lipinski definition) is 3. The minimum atomic E-state index is -4.58. The van der Waals surface area contributed by atoms with Gasteiger partial charge < -0.3 is 24.6 Å². The maximum atomic E-state index is 12.4. The van der Waals surface area contributed by atoms with Crippen LogP contribution in [0.4, 0.5) is 0 Å². The Morgan fingerprint density at radius 3 is 1.68 bits per heavy atom. The summed E-state index contributed by atoms with van der Waals surface area (Å²) < 4.78 is 31.9. The van der Waals surface area contributed by atoms with E-state index in [1.807, 2.05) is 6.92 Å². The molecule has 0 amide bonds. The van der Waals surface area contributed by atoms with E-state index >= 15 is 0 Å². The minimum absolute atomic E-state index is 0.181. The summed E-state index contributed by atoms with van der Waals surface area (Å²) in [5, 5.41) is 18.1. The summed E-state index contributed by atoms with van der Waals surface area (Å²) in [6.45, 7) is 1.95. The standard InChI is InChI=1S/C36H67O10P/c1-3-5-6-7-8-9-10-11-12-13-14-15-16-17-18-19-20-21-22-23-24-25-26-28-36(40)46-34(31-43-35(39)27-4-2)32-45-47(41,42)44-30-33(38)29-37/h10-11,13-14,33-34,37-38H,3-9,12,15-32H2,1-2H3,(H,41,42)/b11-10-,14-13-. The SMILES string of the molecule is CCCCCCC/C=C\C/C=C\CCCCCCCCCCCCCC(=O)OC(COC(=O)CCC)COP(=O)(O)OCC(O)CO. The normalized spacial score (nSPS) is 14.4. The first kappa shape index (κ1) is 45.5. The second kappa shape index (κ2) is 33.0. The highest BCUT2D eigenvalue weighted by atomic mass is 31.2. The number of aliphatic hydroxyl groups excluding tert-OH is 2. The molecule has 0 spiro atoms. The summed E-state index contributed by atoms with van der Waals surface area (Å²) in [4.78, 5) is 33.9. The van der Waals surface area contributed by atoms with E-state index in [1.54, 1.807) is 0 Å². The molecular formula is C36H67O10P. The Kier molecular flexibility index (Phi) is 31.9. The molecule has 0 aromatic rings. The van der Waals surface area contributed by atoms with Crippen molar-refractivity contribution in [1.29, 1.82) is 0 Å². The topological polar surface area (TPSA) is 149 Å². The fraction of sp³-hybridized carbons (Fsp3) is 0.833. The van der Waals surface area contributed by atoms with Crippen molar-refractivity contribution in [2.75, 3.05) is 26.4 Å². The Bertz CT molecular complexity index is 848.